The molecule has 20 heavy (non-hydrogen) atoms. The molecule has 0 radical (unpaired) electrons. The predicted octanol–water partition coefficient (Wildman–Crippen LogP) is 2.27. The summed E-state index contributed by atoms with van der Waals surface area (Å²) in [6.07, 6.45) is 0.220. The number of aryl methyl sites for hydroxylation is 1. The number of carbonyl (C=O) groups excluding carboxylic acids is 1. The lowest BCUT2D eigenvalue weighted by Gasteiger charge is -2.34. The van der Waals surface area contributed by atoms with Crippen molar-refractivity contribution in [3.05, 3.63) is 70.5 Å². The topological polar surface area (TPSA) is 49.3 Å². The van der Waals surface area contributed by atoms with Crippen LogP contribution in [-0.2, 0) is 12.1 Å². The highest BCUT2D eigenvalue weighted by molar-refractivity contribution is 5.97. The number of halogens is 1. The summed E-state index contributed by atoms with van der Waals surface area (Å²) >= 11 is 0. The van der Waals surface area contributed by atoms with Gasteiger partial charge in [-0.1, -0.05) is 35.9 Å². The van der Waals surface area contributed by atoms with Crippen molar-refractivity contribution in [1.29, 1.82) is 0 Å². The van der Waals surface area contributed by atoms with Crippen molar-refractivity contribution in [2.24, 2.45) is 0 Å². The average Bonchev–Trinajstić information content (AvgIpc) is 2.40. The van der Waals surface area contributed by atoms with E-state index in [9.17, 15) is 14.3 Å². The van der Waals surface area contributed by atoms with Gasteiger partial charge < -0.3 is 10.4 Å². The Balaban J connectivity index is 2.04. The highest BCUT2D eigenvalue weighted by Gasteiger charge is 2.37. The molecule has 1 aliphatic rings. The first kappa shape index (κ1) is 12.8. The molecule has 0 fully saturated rings. The van der Waals surface area contributed by atoms with Gasteiger partial charge in [0.1, 0.15) is 5.82 Å². The summed E-state index contributed by atoms with van der Waals surface area (Å²) in [4.78, 5) is 12.1. The van der Waals surface area contributed by atoms with Crippen molar-refractivity contribution in [2.45, 2.75) is 19.1 Å². The highest BCUT2D eigenvalue weighted by Crippen LogP contribution is 2.30. The molecule has 1 unspecified atom stereocenters. The quantitative estimate of drug-likeness (QED) is 0.836. The lowest BCUT2D eigenvalue weighted by molar-refractivity contribution is -0.00118. The minimum absolute atomic E-state index is 0.220. The Morgan fingerprint density at radius 1 is 1.20 bits per heavy atom. The predicted molar refractivity (Wildman–Crippen MR) is 72.6 cm³/mol. The van der Waals surface area contributed by atoms with Crippen molar-refractivity contribution in [2.75, 3.05) is 0 Å². The summed E-state index contributed by atoms with van der Waals surface area (Å²) in [5, 5.41) is 13.3. The number of aliphatic hydroxyl groups is 1. The van der Waals surface area contributed by atoms with Crippen LogP contribution in [-0.4, -0.2) is 11.0 Å². The van der Waals surface area contributed by atoms with Crippen LogP contribution in [0.2, 0.25) is 0 Å². The first-order valence-corrected chi connectivity index (χ1v) is 6.38. The molecule has 3 rings (SSSR count). The molecule has 102 valence electrons. The number of hydrogen-bond donors (Lipinski definition) is 2. The van der Waals surface area contributed by atoms with E-state index in [1.54, 1.807) is 18.2 Å². The fourth-order valence-electron chi connectivity index (χ4n) is 2.49. The standard InChI is InChI=1S/C16H14FNO2/c1-10-2-5-12(6-3-10)16(20)9-11-4-7-13(17)8-14(11)15(19)18-16/h2-8,20H,9H2,1H3,(H,18,19). The van der Waals surface area contributed by atoms with E-state index < -0.39 is 17.4 Å². The van der Waals surface area contributed by atoms with Crippen LogP contribution in [0.15, 0.2) is 42.5 Å². The normalized spacial score (nSPS) is 21.2. The molecule has 1 amide bonds. The summed E-state index contributed by atoms with van der Waals surface area (Å²) in [6.45, 7) is 1.95. The van der Waals surface area contributed by atoms with Crippen molar-refractivity contribution in [3.8, 4) is 0 Å². The van der Waals surface area contributed by atoms with Crippen LogP contribution < -0.4 is 5.32 Å². The second kappa shape index (κ2) is 4.42. The molecule has 1 atom stereocenters. The highest BCUT2D eigenvalue weighted by atomic mass is 19.1. The largest absolute Gasteiger partial charge is 0.367 e. The summed E-state index contributed by atoms with van der Waals surface area (Å²) in [5.74, 6) is -0.923. The van der Waals surface area contributed by atoms with Gasteiger partial charge in [0.05, 0.1) is 0 Å². The summed E-state index contributed by atoms with van der Waals surface area (Å²) in [6, 6.07) is 11.3. The molecule has 3 nitrogen and oxygen atoms in total. The van der Waals surface area contributed by atoms with E-state index in [2.05, 4.69) is 5.32 Å². The van der Waals surface area contributed by atoms with Crippen molar-refractivity contribution in [1.82, 2.24) is 5.32 Å². The molecular formula is C16H14FNO2. The molecule has 4 heteroatoms. The molecule has 0 saturated heterocycles. The molecule has 1 heterocycles. The monoisotopic (exact) mass is 271 g/mol. The Morgan fingerprint density at radius 3 is 2.60 bits per heavy atom. The molecule has 2 aromatic carbocycles. The number of fused-ring (bicyclic) bond motifs is 1. The van der Waals surface area contributed by atoms with Gasteiger partial charge in [-0.05, 0) is 24.6 Å². The summed E-state index contributed by atoms with van der Waals surface area (Å²) in [7, 11) is 0. The van der Waals surface area contributed by atoms with E-state index in [-0.39, 0.29) is 12.0 Å². The van der Waals surface area contributed by atoms with Crippen molar-refractivity contribution in [3.63, 3.8) is 0 Å². The third-order valence-electron chi connectivity index (χ3n) is 3.61. The minimum Gasteiger partial charge on any atom is -0.367 e. The Hall–Kier alpha value is -2.20. The van der Waals surface area contributed by atoms with Gasteiger partial charge in [-0.2, -0.15) is 0 Å². The zero-order chi connectivity index (χ0) is 14.3. The number of rotatable bonds is 1. The molecular weight excluding hydrogens is 257 g/mol. The molecule has 2 N–H and O–H groups in total. The van der Waals surface area contributed by atoms with Crippen molar-refractivity contribution < 1.29 is 14.3 Å². The van der Waals surface area contributed by atoms with Crippen molar-refractivity contribution >= 4 is 5.91 Å². The van der Waals surface area contributed by atoms with E-state index in [4.69, 9.17) is 0 Å². The number of benzene rings is 2. The fraction of sp³-hybridized carbons (Fsp3) is 0.188. The number of amides is 1. The zero-order valence-electron chi connectivity index (χ0n) is 11.0. The molecule has 0 saturated carbocycles. The maximum absolute atomic E-state index is 13.2. The lowest BCUT2D eigenvalue weighted by atomic mass is 9.88. The summed E-state index contributed by atoms with van der Waals surface area (Å²) < 4.78 is 13.2. The van der Waals surface area contributed by atoms with E-state index in [1.807, 2.05) is 19.1 Å². The SMILES string of the molecule is Cc1ccc(C2(O)Cc3ccc(F)cc3C(=O)N2)cc1. The van der Waals surface area contributed by atoms with Gasteiger partial charge >= 0.3 is 0 Å². The second-order valence-electron chi connectivity index (χ2n) is 5.16. The third kappa shape index (κ3) is 2.08. The van der Waals surface area contributed by atoms with Crippen LogP contribution in [0.3, 0.4) is 0 Å². The van der Waals surface area contributed by atoms with Crippen LogP contribution in [0, 0.1) is 12.7 Å². The molecule has 0 aromatic heterocycles. The third-order valence-corrected chi connectivity index (χ3v) is 3.61. The van der Waals surface area contributed by atoms with Crippen LogP contribution in [0.5, 0.6) is 0 Å². The Labute approximate surface area is 116 Å². The Kier molecular flexibility index (Phi) is 2.83. The van der Waals surface area contributed by atoms with E-state index in [0.717, 1.165) is 5.56 Å². The zero-order valence-corrected chi connectivity index (χ0v) is 11.0. The van der Waals surface area contributed by atoms with Crippen LogP contribution >= 0.6 is 0 Å². The maximum atomic E-state index is 13.2. The molecule has 0 bridgehead atoms. The second-order valence-corrected chi connectivity index (χ2v) is 5.16. The average molecular weight is 271 g/mol. The van der Waals surface area contributed by atoms with Gasteiger partial charge in [-0.25, -0.2) is 4.39 Å². The Bertz CT molecular complexity index is 681. The van der Waals surface area contributed by atoms with Crippen LogP contribution in [0.1, 0.15) is 27.0 Å². The van der Waals surface area contributed by atoms with Gasteiger partial charge in [-0.3, -0.25) is 4.79 Å². The van der Waals surface area contributed by atoms with E-state index >= 15 is 0 Å². The number of hydrogen-bond acceptors (Lipinski definition) is 2. The number of nitrogens with one attached hydrogen (secondary N) is 1. The minimum atomic E-state index is -1.45. The van der Waals surface area contributed by atoms with Gasteiger partial charge in [-0.15, -0.1) is 0 Å². The molecule has 0 spiro atoms. The lowest BCUT2D eigenvalue weighted by Crippen LogP contribution is -2.51. The van der Waals surface area contributed by atoms with Crippen LogP contribution in [0.25, 0.3) is 0 Å². The first-order chi connectivity index (χ1) is 9.48. The fourth-order valence-corrected chi connectivity index (χ4v) is 2.49. The molecule has 0 aliphatic carbocycles. The van der Waals surface area contributed by atoms with E-state index in [1.165, 1.54) is 12.1 Å². The first-order valence-electron chi connectivity index (χ1n) is 6.38. The van der Waals surface area contributed by atoms with E-state index in [0.29, 0.717) is 11.1 Å². The van der Waals surface area contributed by atoms with Gasteiger partial charge in [0.15, 0.2) is 5.72 Å². The molecule has 1 aliphatic heterocycles. The summed E-state index contributed by atoms with van der Waals surface area (Å²) in [5.41, 5.74) is 1.16. The molecule has 2 aromatic rings. The Morgan fingerprint density at radius 2 is 1.90 bits per heavy atom. The van der Waals surface area contributed by atoms with Gasteiger partial charge in [0, 0.05) is 17.5 Å². The van der Waals surface area contributed by atoms with Gasteiger partial charge in [0.25, 0.3) is 5.91 Å². The smallest absolute Gasteiger partial charge is 0.254 e. The van der Waals surface area contributed by atoms with Crippen LogP contribution in [0.4, 0.5) is 4.39 Å². The maximum Gasteiger partial charge on any atom is 0.254 e. The number of carbonyl (C=O) groups is 1. The van der Waals surface area contributed by atoms with Gasteiger partial charge in [0.2, 0.25) is 0 Å².